The fraction of sp³-hybridized carbons (Fsp3) is 0.333. The van der Waals surface area contributed by atoms with Gasteiger partial charge >= 0.3 is 0 Å². The third-order valence-electron chi connectivity index (χ3n) is 6.71. The lowest BCUT2D eigenvalue weighted by atomic mass is 10.0. The summed E-state index contributed by atoms with van der Waals surface area (Å²) in [5.74, 6) is -0.855. The fourth-order valence-electron chi connectivity index (χ4n) is 4.42. The number of fused-ring (bicyclic) bond motifs is 1. The lowest BCUT2D eigenvalue weighted by Crippen LogP contribution is -2.50. The molecular formula is C27H31FN2O6S2. The van der Waals surface area contributed by atoms with Crippen molar-refractivity contribution in [3.05, 3.63) is 78.6 Å². The van der Waals surface area contributed by atoms with Crippen LogP contribution >= 0.6 is 0 Å². The molecule has 1 aliphatic heterocycles. The minimum Gasteiger partial charge on any atom is -0.487 e. The van der Waals surface area contributed by atoms with Crippen molar-refractivity contribution in [1.82, 2.24) is 8.61 Å². The maximum Gasteiger partial charge on any atom is 0.247 e. The zero-order chi connectivity index (χ0) is 27.7. The number of nitrogens with zero attached hydrogens (tertiary/aromatic N) is 2. The molecule has 0 radical (unpaired) electrons. The highest BCUT2D eigenvalue weighted by Crippen LogP contribution is 2.37. The van der Waals surface area contributed by atoms with Crippen molar-refractivity contribution >= 4 is 20.0 Å². The van der Waals surface area contributed by atoms with E-state index in [1.807, 2.05) is 0 Å². The Bertz CT molecular complexity index is 1500. The SMILES string of the molecule is C[C@@H]1CN([C@@H](C)CO)S(=O)(=O)c2ccc(-c3cccc(F)c3)cc2O[C@H]1CN(C)S(=O)(=O)c1ccccc1. The minimum atomic E-state index is -4.07. The first kappa shape index (κ1) is 28.2. The summed E-state index contributed by atoms with van der Waals surface area (Å²) in [5.41, 5.74) is 1.07. The molecule has 0 saturated carbocycles. The Kier molecular flexibility index (Phi) is 8.24. The van der Waals surface area contributed by atoms with Crippen LogP contribution in [0.2, 0.25) is 0 Å². The Morgan fingerprint density at radius 3 is 2.42 bits per heavy atom. The van der Waals surface area contributed by atoms with Gasteiger partial charge in [-0.2, -0.15) is 8.61 Å². The standard InChI is InChI=1S/C27H31FN2O6S2/c1-19-16-30(20(2)18-31)38(34,35)27-13-12-22(21-8-7-9-23(28)14-21)15-25(27)36-26(19)17-29(3)37(32,33)24-10-5-4-6-11-24/h4-15,19-20,26,31H,16-18H2,1-3H3/t19-,20+,26+/m1/s1. The van der Waals surface area contributed by atoms with Gasteiger partial charge in [0.15, 0.2) is 0 Å². The van der Waals surface area contributed by atoms with E-state index in [9.17, 15) is 26.3 Å². The molecule has 3 aromatic carbocycles. The summed E-state index contributed by atoms with van der Waals surface area (Å²) in [5, 5.41) is 9.82. The first-order valence-corrected chi connectivity index (χ1v) is 15.0. The van der Waals surface area contributed by atoms with Gasteiger partial charge in [-0.1, -0.05) is 43.3 Å². The van der Waals surface area contributed by atoms with Crippen LogP contribution in [0.15, 0.2) is 82.6 Å². The molecule has 0 unspecified atom stereocenters. The van der Waals surface area contributed by atoms with Gasteiger partial charge < -0.3 is 9.84 Å². The molecule has 0 amide bonds. The Labute approximate surface area is 223 Å². The van der Waals surface area contributed by atoms with Crippen molar-refractivity contribution in [3.8, 4) is 16.9 Å². The van der Waals surface area contributed by atoms with E-state index in [-0.39, 0.29) is 28.6 Å². The third-order valence-corrected chi connectivity index (χ3v) is 10.6. The number of aliphatic hydroxyl groups excluding tert-OH is 1. The number of aliphatic hydroxyl groups is 1. The molecule has 1 aliphatic rings. The van der Waals surface area contributed by atoms with E-state index in [4.69, 9.17) is 4.74 Å². The van der Waals surface area contributed by atoms with Crippen LogP contribution in [0.5, 0.6) is 5.75 Å². The molecular weight excluding hydrogens is 531 g/mol. The summed E-state index contributed by atoms with van der Waals surface area (Å²) in [6.45, 7) is 2.95. The monoisotopic (exact) mass is 562 g/mol. The normalized spacial score (nSPS) is 20.7. The summed E-state index contributed by atoms with van der Waals surface area (Å²) in [4.78, 5) is 0.0244. The number of hydrogen-bond acceptors (Lipinski definition) is 6. The van der Waals surface area contributed by atoms with Crippen LogP contribution in [0.4, 0.5) is 4.39 Å². The highest BCUT2D eigenvalue weighted by atomic mass is 32.2. The average molecular weight is 563 g/mol. The average Bonchev–Trinajstić information content (AvgIpc) is 2.90. The third kappa shape index (κ3) is 5.62. The Morgan fingerprint density at radius 1 is 1.08 bits per heavy atom. The molecule has 0 bridgehead atoms. The van der Waals surface area contributed by atoms with Crippen molar-refractivity contribution in [2.75, 3.05) is 26.7 Å². The number of benzene rings is 3. The van der Waals surface area contributed by atoms with Gasteiger partial charge in [0, 0.05) is 25.6 Å². The summed E-state index contributed by atoms with van der Waals surface area (Å²) < 4.78 is 76.3. The van der Waals surface area contributed by atoms with Gasteiger partial charge in [0.2, 0.25) is 20.0 Å². The van der Waals surface area contributed by atoms with Gasteiger partial charge in [0.05, 0.1) is 18.0 Å². The molecule has 0 aromatic heterocycles. The van der Waals surface area contributed by atoms with Crippen LogP contribution in [-0.2, 0) is 20.0 Å². The van der Waals surface area contributed by atoms with E-state index in [0.717, 1.165) is 0 Å². The summed E-state index contributed by atoms with van der Waals surface area (Å²) in [7, 11) is -6.46. The maximum atomic E-state index is 13.9. The highest BCUT2D eigenvalue weighted by molar-refractivity contribution is 7.89. The Morgan fingerprint density at radius 2 is 1.76 bits per heavy atom. The van der Waals surface area contributed by atoms with Crippen molar-refractivity contribution < 1.29 is 31.1 Å². The van der Waals surface area contributed by atoms with E-state index < -0.39 is 50.5 Å². The van der Waals surface area contributed by atoms with E-state index in [1.165, 1.54) is 52.1 Å². The number of halogens is 1. The summed E-state index contributed by atoms with van der Waals surface area (Å²) >= 11 is 0. The molecule has 3 atom stereocenters. The molecule has 11 heteroatoms. The molecule has 0 fully saturated rings. The van der Waals surface area contributed by atoms with Gasteiger partial charge in [0.1, 0.15) is 22.6 Å². The molecule has 0 saturated heterocycles. The second-order valence-corrected chi connectivity index (χ2v) is 13.4. The largest absolute Gasteiger partial charge is 0.487 e. The first-order chi connectivity index (χ1) is 17.9. The maximum absolute atomic E-state index is 13.9. The van der Waals surface area contributed by atoms with Gasteiger partial charge in [-0.15, -0.1) is 0 Å². The second-order valence-electron chi connectivity index (χ2n) is 9.51. The van der Waals surface area contributed by atoms with Crippen LogP contribution in [0.1, 0.15) is 13.8 Å². The minimum absolute atomic E-state index is 0.0129. The molecule has 1 N–H and O–H groups in total. The van der Waals surface area contributed by atoms with Gasteiger partial charge in [0.25, 0.3) is 0 Å². The fourth-order valence-corrected chi connectivity index (χ4v) is 7.44. The van der Waals surface area contributed by atoms with E-state index >= 15 is 0 Å². The first-order valence-electron chi connectivity index (χ1n) is 12.2. The summed E-state index contributed by atoms with van der Waals surface area (Å²) in [6.07, 6.45) is -0.733. The van der Waals surface area contributed by atoms with Crippen LogP contribution in [0.3, 0.4) is 0 Å². The number of rotatable bonds is 7. The molecule has 3 aromatic rings. The van der Waals surface area contributed by atoms with Crippen LogP contribution in [0.25, 0.3) is 11.1 Å². The highest BCUT2D eigenvalue weighted by Gasteiger charge is 2.39. The van der Waals surface area contributed by atoms with Crippen LogP contribution in [0, 0.1) is 11.7 Å². The molecule has 0 aliphatic carbocycles. The van der Waals surface area contributed by atoms with Gasteiger partial charge in [-0.25, -0.2) is 21.2 Å². The molecule has 204 valence electrons. The molecule has 0 spiro atoms. The Hall–Kier alpha value is -2.83. The Balaban J connectivity index is 1.78. The molecule has 1 heterocycles. The van der Waals surface area contributed by atoms with E-state index in [2.05, 4.69) is 0 Å². The topological polar surface area (TPSA) is 104 Å². The van der Waals surface area contributed by atoms with Crippen molar-refractivity contribution in [2.24, 2.45) is 5.92 Å². The lowest BCUT2D eigenvalue weighted by Gasteiger charge is -2.37. The quantitative estimate of drug-likeness (QED) is 0.472. The number of sulfonamides is 2. The smallest absolute Gasteiger partial charge is 0.247 e. The zero-order valence-electron chi connectivity index (χ0n) is 21.4. The molecule has 4 rings (SSSR count). The zero-order valence-corrected chi connectivity index (χ0v) is 23.0. The molecule has 38 heavy (non-hydrogen) atoms. The number of likely N-dealkylation sites (N-methyl/N-ethyl adjacent to an activating group) is 1. The second kappa shape index (κ2) is 11.1. The van der Waals surface area contributed by atoms with Crippen molar-refractivity contribution in [3.63, 3.8) is 0 Å². The van der Waals surface area contributed by atoms with Crippen LogP contribution in [-0.4, -0.2) is 69.4 Å². The van der Waals surface area contributed by atoms with Crippen molar-refractivity contribution in [1.29, 1.82) is 0 Å². The van der Waals surface area contributed by atoms with Crippen LogP contribution < -0.4 is 4.74 Å². The lowest BCUT2D eigenvalue weighted by molar-refractivity contribution is 0.0905. The van der Waals surface area contributed by atoms with Gasteiger partial charge in [-0.05, 0) is 54.4 Å². The number of ether oxygens (including phenoxy) is 1. The predicted molar refractivity (Wildman–Crippen MR) is 142 cm³/mol. The molecule has 8 nitrogen and oxygen atoms in total. The van der Waals surface area contributed by atoms with Crippen molar-refractivity contribution in [2.45, 2.75) is 35.8 Å². The number of hydrogen-bond donors (Lipinski definition) is 1. The predicted octanol–water partition coefficient (Wildman–Crippen LogP) is 3.58. The van der Waals surface area contributed by atoms with Gasteiger partial charge in [-0.3, -0.25) is 0 Å². The van der Waals surface area contributed by atoms with E-state index in [0.29, 0.717) is 11.1 Å². The van der Waals surface area contributed by atoms with E-state index in [1.54, 1.807) is 50.2 Å². The summed E-state index contributed by atoms with van der Waals surface area (Å²) in [6, 6.07) is 17.7.